The molecule has 0 N–H and O–H groups in total. The Morgan fingerprint density at radius 3 is 1.67 bits per heavy atom. The van der Waals surface area contributed by atoms with Crippen LogP contribution in [0.25, 0.3) is 11.1 Å². The molecule has 3 heterocycles. The third kappa shape index (κ3) is 3.57. The summed E-state index contributed by atoms with van der Waals surface area (Å²) in [5.41, 5.74) is 6.98. The fraction of sp³-hybridized carbons (Fsp3) is 0.154. The number of ketones is 1. The minimum Gasteiger partial charge on any atom is -0.296 e. The average Bonchev–Trinajstić information content (AvgIpc) is 3.63. The first kappa shape index (κ1) is 25.2. The fourth-order valence-corrected chi connectivity index (χ4v) is 7.91. The molecule has 204 valence electrons. The number of carbonyl (C=O) groups is 1. The van der Waals surface area contributed by atoms with Gasteiger partial charge in [0.25, 0.3) is 0 Å². The molecule has 5 aromatic rings. The largest absolute Gasteiger partial charge is 0.296 e. The van der Waals surface area contributed by atoms with Crippen molar-refractivity contribution in [3.05, 3.63) is 179 Å². The molecule has 42 heavy (non-hydrogen) atoms. The van der Waals surface area contributed by atoms with Crippen LogP contribution in [0.3, 0.4) is 0 Å². The van der Waals surface area contributed by atoms with Crippen molar-refractivity contribution < 1.29 is 4.79 Å². The molecule has 3 aliphatic rings. The van der Waals surface area contributed by atoms with E-state index in [1.165, 1.54) is 16.7 Å². The molecule has 1 unspecified atom stereocenters. The Labute approximate surface area is 247 Å². The molecular weight excluding hydrogens is 512 g/mol. The van der Waals surface area contributed by atoms with E-state index in [2.05, 4.69) is 150 Å². The molecule has 2 saturated heterocycles. The minimum atomic E-state index is -0.971. The number of Topliss-reactive ketones (excluding diaryl/α,β-unsaturated/α-hetero) is 1. The Hall–Kier alpha value is -4.57. The lowest BCUT2D eigenvalue weighted by atomic mass is 9.67. The van der Waals surface area contributed by atoms with Crippen molar-refractivity contribution >= 4 is 16.9 Å². The zero-order valence-corrected chi connectivity index (χ0v) is 23.4. The van der Waals surface area contributed by atoms with Crippen molar-refractivity contribution in [3.8, 4) is 0 Å². The molecule has 0 saturated carbocycles. The Bertz CT molecular complexity index is 1750. The summed E-state index contributed by atoms with van der Waals surface area (Å²) in [4.78, 5) is 15.9. The Morgan fingerprint density at radius 1 is 0.571 bits per heavy atom. The summed E-state index contributed by atoms with van der Waals surface area (Å²) in [6.07, 6.45) is 0.952. The van der Waals surface area contributed by atoms with E-state index in [1.807, 2.05) is 12.1 Å². The zero-order valence-electron chi connectivity index (χ0n) is 23.4. The first-order chi connectivity index (χ1) is 20.8. The molecule has 2 fully saturated rings. The summed E-state index contributed by atoms with van der Waals surface area (Å²) >= 11 is 0. The van der Waals surface area contributed by atoms with Crippen LogP contribution < -0.4 is 0 Å². The summed E-state index contributed by atoms with van der Waals surface area (Å²) in [6, 6.07) is 53.0. The number of carbonyl (C=O) groups excluding carboxylic acids is 1. The highest BCUT2D eigenvalue weighted by atomic mass is 16.1. The normalized spacial score (nSPS) is 25.5. The van der Waals surface area contributed by atoms with Crippen molar-refractivity contribution in [2.45, 2.75) is 30.0 Å². The quantitative estimate of drug-likeness (QED) is 0.225. The van der Waals surface area contributed by atoms with Gasteiger partial charge in [0.15, 0.2) is 5.78 Å². The van der Waals surface area contributed by atoms with Crippen molar-refractivity contribution in [2.75, 3.05) is 6.54 Å². The summed E-state index contributed by atoms with van der Waals surface area (Å²) in [5, 5.41) is 5.04. The van der Waals surface area contributed by atoms with Crippen LogP contribution in [0.5, 0.6) is 0 Å². The van der Waals surface area contributed by atoms with E-state index in [0.29, 0.717) is 0 Å². The van der Waals surface area contributed by atoms with Gasteiger partial charge in [-0.15, -0.1) is 0 Å². The van der Waals surface area contributed by atoms with Crippen molar-refractivity contribution in [2.24, 2.45) is 0 Å². The maximum atomic E-state index is 15.9. The van der Waals surface area contributed by atoms with Gasteiger partial charge in [0.05, 0.1) is 18.0 Å². The van der Waals surface area contributed by atoms with Gasteiger partial charge >= 0.3 is 0 Å². The molecule has 0 aliphatic carbocycles. The topological polar surface area (TPSA) is 23.6 Å². The van der Waals surface area contributed by atoms with E-state index in [1.54, 1.807) is 0 Å². The predicted molar refractivity (Wildman–Crippen MR) is 168 cm³/mol. The lowest BCUT2D eigenvalue weighted by Crippen LogP contribution is -2.64. The second-order valence-electron chi connectivity index (χ2n) is 11.5. The first-order valence-electron chi connectivity index (χ1n) is 14.9. The van der Waals surface area contributed by atoms with Crippen molar-refractivity contribution in [1.29, 1.82) is 0 Å². The second-order valence-corrected chi connectivity index (χ2v) is 11.5. The first-order valence-corrected chi connectivity index (χ1v) is 14.9. The molecule has 0 aromatic heterocycles. The van der Waals surface area contributed by atoms with Crippen LogP contribution in [-0.2, 0) is 10.3 Å². The molecule has 0 bridgehead atoms. The Balaban J connectivity index is 1.49. The lowest BCUT2D eigenvalue weighted by Gasteiger charge is -2.54. The van der Waals surface area contributed by atoms with Crippen LogP contribution in [0.4, 0.5) is 0 Å². The maximum Gasteiger partial charge on any atom is 0.172 e. The molecule has 8 rings (SSSR count). The maximum absolute atomic E-state index is 15.9. The summed E-state index contributed by atoms with van der Waals surface area (Å²) in [7, 11) is 0. The van der Waals surface area contributed by atoms with Crippen molar-refractivity contribution in [1.82, 2.24) is 10.0 Å². The smallest absolute Gasteiger partial charge is 0.172 e. The number of benzene rings is 5. The van der Waals surface area contributed by atoms with Gasteiger partial charge in [0.1, 0.15) is 5.54 Å². The highest BCUT2D eigenvalue weighted by Crippen LogP contribution is 2.64. The number of nitrogens with zero attached hydrogens (tertiary/aromatic N) is 2. The number of hydrogen-bond donors (Lipinski definition) is 0. The van der Waals surface area contributed by atoms with E-state index in [9.17, 15) is 0 Å². The molecule has 4 atom stereocenters. The monoisotopic (exact) mass is 544 g/mol. The van der Waals surface area contributed by atoms with Gasteiger partial charge in [0, 0.05) is 6.54 Å². The van der Waals surface area contributed by atoms with E-state index in [-0.39, 0.29) is 23.8 Å². The van der Waals surface area contributed by atoms with Gasteiger partial charge in [-0.05, 0) is 45.4 Å². The summed E-state index contributed by atoms with van der Waals surface area (Å²) in [6.45, 7) is 0.883. The predicted octanol–water partition coefficient (Wildman–Crippen LogP) is 7.91. The standard InChI is InChI=1S/C39H32N2O/c42-38-35(29-18-8-2-9-19-29)37(31-22-12-4-13-23-31)40-27-26-33-34(28-16-6-1-7-17-28)36(30-20-10-3-11-21-30)39(38,41(33)40)32-24-14-5-15-25-32/h1-25,33,35,37H,26-27H2/t33?,35-,37-,39-/m0/s1. The van der Waals surface area contributed by atoms with Crippen molar-refractivity contribution in [3.63, 3.8) is 0 Å². The molecule has 0 radical (unpaired) electrons. The zero-order chi connectivity index (χ0) is 28.1. The fourth-order valence-electron chi connectivity index (χ4n) is 7.91. The van der Waals surface area contributed by atoms with Gasteiger partial charge in [-0.25, -0.2) is 10.0 Å². The molecule has 0 amide bonds. The van der Waals surface area contributed by atoms with E-state index >= 15 is 4.79 Å². The van der Waals surface area contributed by atoms with E-state index < -0.39 is 5.54 Å². The SMILES string of the molecule is O=C1[C@@H](c2ccccc2)[C@H](c2ccccc2)N2CCC3C(c4ccccc4)=C(c4ccccc4)[C@]1(c1ccccc1)N32. The Kier molecular flexibility index (Phi) is 6.03. The third-order valence-electron chi connectivity index (χ3n) is 9.43. The summed E-state index contributed by atoms with van der Waals surface area (Å²) < 4.78 is 0. The van der Waals surface area contributed by atoms with Crippen LogP contribution in [0, 0.1) is 0 Å². The Morgan fingerprint density at radius 2 is 1.07 bits per heavy atom. The van der Waals surface area contributed by atoms with Gasteiger partial charge < -0.3 is 0 Å². The van der Waals surface area contributed by atoms with Crippen LogP contribution in [0.1, 0.15) is 46.2 Å². The minimum absolute atomic E-state index is 0.0784. The molecular formula is C39H32N2O. The molecule has 3 aliphatic heterocycles. The van der Waals surface area contributed by atoms with Gasteiger partial charge in [-0.3, -0.25) is 4.79 Å². The van der Waals surface area contributed by atoms with Gasteiger partial charge in [-0.2, -0.15) is 0 Å². The number of hydrazine groups is 1. The van der Waals surface area contributed by atoms with E-state index in [0.717, 1.165) is 35.2 Å². The molecule has 3 nitrogen and oxygen atoms in total. The van der Waals surface area contributed by atoms with Crippen LogP contribution >= 0.6 is 0 Å². The van der Waals surface area contributed by atoms with Crippen LogP contribution in [0.15, 0.2) is 152 Å². The van der Waals surface area contributed by atoms with E-state index in [4.69, 9.17) is 0 Å². The number of hydrogen-bond acceptors (Lipinski definition) is 3. The number of rotatable bonds is 5. The second kappa shape index (κ2) is 10.1. The van der Waals surface area contributed by atoms with Gasteiger partial charge in [0.2, 0.25) is 0 Å². The molecule has 3 heteroatoms. The van der Waals surface area contributed by atoms with Gasteiger partial charge in [-0.1, -0.05) is 152 Å². The molecule has 0 spiro atoms. The lowest BCUT2D eigenvalue weighted by molar-refractivity contribution is -0.165. The van der Waals surface area contributed by atoms with Crippen LogP contribution in [0.2, 0.25) is 0 Å². The van der Waals surface area contributed by atoms with Crippen LogP contribution in [-0.4, -0.2) is 28.4 Å². The average molecular weight is 545 g/mol. The highest BCUT2D eigenvalue weighted by molar-refractivity contribution is 6.15. The summed E-state index contributed by atoms with van der Waals surface area (Å²) in [5.74, 6) is -0.112. The molecule has 5 aromatic carbocycles. The third-order valence-corrected chi connectivity index (χ3v) is 9.43. The highest BCUT2D eigenvalue weighted by Gasteiger charge is 2.68.